The molecule has 3 heterocycles. The summed E-state index contributed by atoms with van der Waals surface area (Å²) in [4.78, 5) is 13.1. The number of nitrogens with zero attached hydrogens (tertiary/aromatic N) is 6. The Bertz CT molecular complexity index is 866. The van der Waals surface area contributed by atoms with Crippen LogP contribution in [0, 0.1) is 0 Å². The van der Waals surface area contributed by atoms with Crippen molar-refractivity contribution >= 4 is 0 Å². The van der Waals surface area contributed by atoms with Crippen molar-refractivity contribution < 1.29 is 0 Å². The first kappa shape index (κ1) is 15.6. The van der Waals surface area contributed by atoms with Crippen LogP contribution >= 0.6 is 0 Å². The standard InChI is InChI=1S/C19H20N6/c1-14(15-7-3-2-4-8-15)25-13-18(23-24-25)16-11-21-19(22-12-16)17-9-5-6-10-20-17/h5-7,9-14H,2-4,8H2,1H3/t14-/m1/s1. The molecule has 0 unspecified atom stereocenters. The van der Waals surface area contributed by atoms with E-state index >= 15 is 0 Å². The summed E-state index contributed by atoms with van der Waals surface area (Å²) >= 11 is 0. The van der Waals surface area contributed by atoms with Crippen LogP contribution < -0.4 is 0 Å². The first-order chi connectivity index (χ1) is 12.3. The minimum atomic E-state index is 0.246. The van der Waals surface area contributed by atoms with Gasteiger partial charge in [-0.25, -0.2) is 14.6 Å². The van der Waals surface area contributed by atoms with Gasteiger partial charge in [0, 0.05) is 24.2 Å². The van der Waals surface area contributed by atoms with Crippen LogP contribution in [0.1, 0.15) is 38.6 Å². The SMILES string of the molecule is C[C@H](C1=CCCCC1)n1cc(-c2cnc(-c3ccccn3)nc2)nn1. The Morgan fingerprint density at radius 1 is 1.04 bits per heavy atom. The van der Waals surface area contributed by atoms with Crippen LogP contribution in [-0.4, -0.2) is 29.9 Å². The fraction of sp³-hybridized carbons (Fsp3) is 0.316. The summed E-state index contributed by atoms with van der Waals surface area (Å²) in [5.41, 5.74) is 3.85. The van der Waals surface area contributed by atoms with Crippen molar-refractivity contribution in [1.82, 2.24) is 29.9 Å². The van der Waals surface area contributed by atoms with E-state index in [0.29, 0.717) is 5.82 Å². The minimum Gasteiger partial charge on any atom is -0.253 e. The van der Waals surface area contributed by atoms with Gasteiger partial charge in [-0.1, -0.05) is 22.9 Å². The lowest BCUT2D eigenvalue weighted by molar-refractivity contribution is 0.501. The normalized spacial score (nSPS) is 15.6. The lowest BCUT2D eigenvalue weighted by Crippen LogP contribution is -2.10. The fourth-order valence-corrected chi connectivity index (χ4v) is 3.10. The summed E-state index contributed by atoms with van der Waals surface area (Å²) in [6.07, 6.45) is 14.5. The van der Waals surface area contributed by atoms with Crippen molar-refractivity contribution in [2.24, 2.45) is 0 Å². The molecule has 0 N–H and O–H groups in total. The van der Waals surface area contributed by atoms with Gasteiger partial charge in [0.25, 0.3) is 0 Å². The molecule has 0 saturated carbocycles. The third-order valence-electron chi connectivity index (χ3n) is 4.61. The van der Waals surface area contributed by atoms with Crippen molar-refractivity contribution in [2.75, 3.05) is 0 Å². The molecule has 0 aliphatic heterocycles. The van der Waals surface area contributed by atoms with E-state index in [4.69, 9.17) is 0 Å². The van der Waals surface area contributed by atoms with Gasteiger partial charge in [0.15, 0.2) is 5.82 Å². The van der Waals surface area contributed by atoms with E-state index in [-0.39, 0.29) is 6.04 Å². The minimum absolute atomic E-state index is 0.246. The van der Waals surface area contributed by atoms with Gasteiger partial charge in [0.1, 0.15) is 11.4 Å². The Labute approximate surface area is 146 Å². The third kappa shape index (κ3) is 3.33. The molecule has 0 amide bonds. The van der Waals surface area contributed by atoms with Crippen molar-refractivity contribution in [2.45, 2.75) is 38.6 Å². The molecule has 1 aliphatic carbocycles. The Kier molecular flexibility index (Phi) is 4.33. The smallest absolute Gasteiger partial charge is 0.178 e. The van der Waals surface area contributed by atoms with E-state index in [1.165, 1.54) is 24.8 Å². The molecule has 0 radical (unpaired) electrons. The molecule has 25 heavy (non-hydrogen) atoms. The van der Waals surface area contributed by atoms with E-state index in [2.05, 4.69) is 38.3 Å². The summed E-state index contributed by atoms with van der Waals surface area (Å²) in [7, 11) is 0. The molecule has 0 bridgehead atoms. The van der Waals surface area contributed by atoms with Crippen LogP contribution in [0.2, 0.25) is 0 Å². The maximum atomic E-state index is 4.41. The van der Waals surface area contributed by atoms with Gasteiger partial charge in [0.2, 0.25) is 0 Å². The monoisotopic (exact) mass is 332 g/mol. The average molecular weight is 332 g/mol. The highest BCUT2D eigenvalue weighted by Crippen LogP contribution is 2.28. The first-order valence-electron chi connectivity index (χ1n) is 8.66. The third-order valence-corrected chi connectivity index (χ3v) is 4.61. The molecule has 1 aliphatic rings. The maximum absolute atomic E-state index is 4.41. The van der Waals surface area contributed by atoms with Gasteiger partial charge in [-0.2, -0.15) is 0 Å². The van der Waals surface area contributed by atoms with Crippen LogP contribution in [0.4, 0.5) is 0 Å². The fourth-order valence-electron chi connectivity index (χ4n) is 3.10. The summed E-state index contributed by atoms with van der Waals surface area (Å²) < 4.78 is 1.93. The predicted molar refractivity (Wildman–Crippen MR) is 95.5 cm³/mol. The predicted octanol–water partition coefficient (Wildman–Crippen LogP) is 3.86. The Morgan fingerprint density at radius 2 is 1.92 bits per heavy atom. The molecule has 0 spiro atoms. The lowest BCUT2D eigenvalue weighted by Gasteiger charge is -2.19. The molecule has 0 aromatic carbocycles. The second kappa shape index (κ2) is 6.93. The number of hydrogen-bond acceptors (Lipinski definition) is 5. The van der Waals surface area contributed by atoms with Gasteiger partial charge >= 0.3 is 0 Å². The Balaban J connectivity index is 1.55. The maximum Gasteiger partial charge on any atom is 0.178 e. The molecule has 126 valence electrons. The van der Waals surface area contributed by atoms with Gasteiger partial charge in [0.05, 0.1) is 12.2 Å². The van der Waals surface area contributed by atoms with Crippen molar-refractivity contribution in [1.29, 1.82) is 0 Å². The first-order valence-corrected chi connectivity index (χ1v) is 8.66. The van der Waals surface area contributed by atoms with E-state index in [0.717, 1.165) is 23.4 Å². The molecule has 0 fully saturated rings. The van der Waals surface area contributed by atoms with Gasteiger partial charge < -0.3 is 0 Å². The van der Waals surface area contributed by atoms with E-state index in [1.54, 1.807) is 18.6 Å². The zero-order chi connectivity index (χ0) is 17.1. The van der Waals surface area contributed by atoms with Crippen molar-refractivity contribution in [3.63, 3.8) is 0 Å². The highest BCUT2D eigenvalue weighted by molar-refractivity contribution is 5.57. The highest BCUT2D eigenvalue weighted by Gasteiger charge is 2.16. The molecule has 4 rings (SSSR count). The second-order valence-electron chi connectivity index (χ2n) is 6.29. The van der Waals surface area contributed by atoms with Crippen LogP contribution in [0.25, 0.3) is 22.8 Å². The molecule has 6 heteroatoms. The van der Waals surface area contributed by atoms with Crippen molar-refractivity contribution in [3.05, 3.63) is 54.6 Å². The Morgan fingerprint density at radius 3 is 2.64 bits per heavy atom. The number of pyridine rings is 1. The lowest BCUT2D eigenvalue weighted by atomic mass is 9.95. The molecule has 1 atom stereocenters. The van der Waals surface area contributed by atoms with E-state index in [1.807, 2.05) is 29.1 Å². The molecule has 0 saturated heterocycles. The van der Waals surface area contributed by atoms with E-state index < -0.39 is 0 Å². The number of aromatic nitrogens is 6. The van der Waals surface area contributed by atoms with Crippen LogP contribution in [0.5, 0.6) is 0 Å². The molecular weight excluding hydrogens is 312 g/mol. The summed E-state index contributed by atoms with van der Waals surface area (Å²) in [6, 6.07) is 5.94. The largest absolute Gasteiger partial charge is 0.253 e. The average Bonchev–Trinajstić information content (AvgIpc) is 3.19. The summed E-state index contributed by atoms with van der Waals surface area (Å²) in [5.74, 6) is 0.609. The van der Waals surface area contributed by atoms with Crippen LogP contribution in [-0.2, 0) is 0 Å². The topological polar surface area (TPSA) is 69.4 Å². The summed E-state index contributed by atoms with van der Waals surface area (Å²) in [5, 5.41) is 8.60. The second-order valence-corrected chi connectivity index (χ2v) is 6.29. The van der Waals surface area contributed by atoms with Gasteiger partial charge in [-0.3, -0.25) is 4.98 Å². The number of rotatable bonds is 4. The number of allylic oxidation sites excluding steroid dienone is 2. The molecule has 6 nitrogen and oxygen atoms in total. The number of hydrogen-bond donors (Lipinski definition) is 0. The van der Waals surface area contributed by atoms with Crippen molar-refractivity contribution in [3.8, 4) is 22.8 Å². The molecule has 3 aromatic rings. The van der Waals surface area contributed by atoms with Gasteiger partial charge in [-0.05, 0) is 44.7 Å². The van der Waals surface area contributed by atoms with E-state index in [9.17, 15) is 0 Å². The molecular formula is C19H20N6. The highest BCUT2D eigenvalue weighted by atomic mass is 15.4. The zero-order valence-corrected chi connectivity index (χ0v) is 14.2. The van der Waals surface area contributed by atoms with Gasteiger partial charge in [-0.15, -0.1) is 5.10 Å². The zero-order valence-electron chi connectivity index (χ0n) is 14.2. The van der Waals surface area contributed by atoms with Crippen LogP contribution in [0.15, 0.2) is 54.6 Å². The Hall–Kier alpha value is -2.89. The summed E-state index contributed by atoms with van der Waals surface area (Å²) in [6.45, 7) is 2.18. The van der Waals surface area contributed by atoms with Crippen LogP contribution in [0.3, 0.4) is 0 Å². The molecule has 3 aromatic heterocycles. The quantitative estimate of drug-likeness (QED) is 0.679.